The second-order valence-electron chi connectivity index (χ2n) is 4.67. The topological polar surface area (TPSA) is 73.0 Å². The van der Waals surface area contributed by atoms with Crippen LogP contribution in [0.3, 0.4) is 0 Å². The molecular formula is C15H18N4O2. The van der Waals surface area contributed by atoms with E-state index in [1.165, 1.54) is 5.56 Å². The zero-order valence-corrected chi connectivity index (χ0v) is 12.2. The Kier molecular flexibility index (Phi) is 5.29. The van der Waals surface area contributed by atoms with Gasteiger partial charge in [-0.25, -0.2) is 4.68 Å². The number of nitrogens with zero attached hydrogens (tertiary/aromatic N) is 4. The van der Waals surface area contributed by atoms with E-state index in [1.807, 2.05) is 37.3 Å². The Morgan fingerprint density at radius 3 is 2.95 bits per heavy atom. The quantitative estimate of drug-likeness (QED) is 0.728. The average molecular weight is 286 g/mol. The zero-order chi connectivity index (χ0) is 15.1. The SMILES string of the molecule is COCc1c(C#N)nnn1CCCOc1cccc(C)c1. The summed E-state index contributed by atoms with van der Waals surface area (Å²) < 4.78 is 12.5. The van der Waals surface area contributed by atoms with Gasteiger partial charge < -0.3 is 9.47 Å². The second-order valence-corrected chi connectivity index (χ2v) is 4.67. The van der Waals surface area contributed by atoms with Crippen molar-refractivity contribution in [2.24, 2.45) is 0 Å². The first kappa shape index (κ1) is 15.0. The third-order valence-electron chi connectivity index (χ3n) is 3.00. The summed E-state index contributed by atoms with van der Waals surface area (Å²) in [5, 5.41) is 16.8. The van der Waals surface area contributed by atoms with Crippen molar-refractivity contribution in [3.05, 3.63) is 41.2 Å². The predicted octanol–water partition coefficient (Wildman–Crippen LogP) is 2.07. The molecule has 0 fully saturated rings. The highest BCUT2D eigenvalue weighted by atomic mass is 16.5. The van der Waals surface area contributed by atoms with Crippen molar-refractivity contribution in [1.29, 1.82) is 5.26 Å². The summed E-state index contributed by atoms with van der Waals surface area (Å²) in [7, 11) is 1.58. The molecule has 2 aromatic rings. The normalized spacial score (nSPS) is 10.3. The fourth-order valence-electron chi connectivity index (χ4n) is 1.99. The van der Waals surface area contributed by atoms with E-state index in [9.17, 15) is 0 Å². The van der Waals surface area contributed by atoms with Gasteiger partial charge in [0.2, 0.25) is 0 Å². The van der Waals surface area contributed by atoms with Gasteiger partial charge in [0.05, 0.1) is 13.2 Å². The third-order valence-corrected chi connectivity index (χ3v) is 3.00. The molecular weight excluding hydrogens is 268 g/mol. The van der Waals surface area contributed by atoms with E-state index >= 15 is 0 Å². The molecule has 1 aromatic heterocycles. The molecule has 0 spiro atoms. The molecule has 21 heavy (non-hydrogen) atoms. The molecule has 0 saturated carbocycles. The summed E-state index contributed by atoms with van der Waals surface area (Å²) in [6.45, 7) is 3.58. The van der Waals surface area contributed by atoms with Crippen molar-refractivity contribution in [3.8, 4) is 11.8 Å². The first-order chi connectivity index (χ1) is 10.2. The van der Waals surface area contributed by atoms with Gasteiger partial charge in [-0.1, -0.05) is 17.3 Å². The van der Waals surface area contributed by atoms with Crippen molar-refractivity contribution in [2.75, 3.05) is 13.7 Å². The Morgan fingerprint density at radius 1 is 1.38 bits per heavy atom. The zero-order valence-electron chi connectivity index (χ0n) is 12.2. The molecule has 0 N–H and O–H groups in total. The van der Waals surface area contributed by atoms with Gasteiger partial charge in [0.25, 0.3) is 0 Å². The first-order valence-corrected chi connectivity index (χ1v) is 6.75. The first-order valence-electron chi connectivity index (χ1n) is 6.75. The van der Waals surface area contributed by atoms with Crippen LogP contribution < -0.4 is 4.74 Å². The van der Waals surface area contributed by atoms with Gasteiger partial charge in [0, 0.05) is 20.1 Å². The van der Waals surface area contributed by atoms with Crippen LogP contribution in [0.25, 0.3) is 0 Å². The van der Waals surface area contributed by atoms with Gasteiger partial charge in [-0.3, -0.25) is 0 Å². The predicted molar refractivity (Wildman–Crippen MR) is 76.7 cm³/mol. The smallest absolute Gasteiger partial charge is 0.188 e. The van der Waals surface area contributed by atoms with Crippen LogP contribution in [0.4, 0.5) is 0 Å². The van der Waals surface area contributed by atoms with Gasteiger partial charge in [-0.15, -0.1) is 5.10 Å². The van der Waals surface area contributed by atoms with Crippen molar-refractivity contribution in [2.45, 2.75) is 26.5 Å². The lowest BCUT2D eigenvalue weighted by Crippen LogP contribution is -2.10. The van der Waals surface area contributed by atoms with E-state index in [1.54, 1.807) is 11.8 Å². The minimum atomic E-state index is 0.316. The number of aryl methyl sites for hydroxylation is 2. The van der Waals surface area contributed by atoms with Crippen LogP contribution in [0.5, 0.6) is 5.75 Å². The number of nitriles is 1. The summed E-state index contributed by atoms with van der Waals surface area (Å²) in [6, 6.07) is 9.95. The Bertz CT molecular complexity index is 631. The molecule has 0 unspecified atom stereocenters. The molecule has 1 heterocycles. The van der Waals surface area contributed by atoms with Gasteiger partial charge in [-0.05, 0) is 24.6 Å². The number of rotatable bonds is 7. The highest BCUT2D eigenvalue weighted by molar-refractivity contribution is 5.27. The minimum absolute atomic E-state index is 0.316. The number of hydrogen-bond donors (Lipinski definition) is 0. The van der Waals surface area contributed by atoms with Gasteiger partial charge in [0.15, 0.2) is 5.69 Å². The van der Waals surface area contributed by atoms with Crippen LogP contribution in [0, 0.1) is 18.3 Å². The van der Waals surface area contributed by atoms with E-state index < -0.39 is 0 Å². The van der Waals surface area contributed by atoms with Crippen molar-refractivity contribution < 1.29 is 9.47 Å². The van der Waals surface area contributed by atoms with Crippen molar-refractivity contribution >= 4 is 0 Å². The number of methoxy groups -OCH3 is 1. The van der Waals surface area contributed by atoms with Crippen LogP contribution in [-0.4, -0.2) is 28.7 Å². The second kappa shape index (κ2) is 7.41. The lowest BCUT2D eigenvalue weighted by Gasteiger charge is -2.08. The molecule has 0 radical (unpaired) electrons. The molecule has 0 saturated heterocycles. The summed E-state index contributed by atoms with van der Waals surface area (Å²) in [5.41, 5.74) is 2.19. The summed E-state index contributed by atoms with van der Waals surface area (Å²) >= 11 is 0. The van der Waals surface area contributed by atoms with Gasteiger partial charge in [0.1, 0.15) is 17.5 Å². The molecule has 6 heteroatoms. The third kappa shape index (κ3) is 4.04. The number of ether oxygens (including phenoxy) is 2. The van der Waals surface area contributed by atoms with Crippen LogP contribution in [0.2, 0.25) is 0 Å². The maximum absolute atomic E-state index is 8.96. The highest BCUT2D eigenvalue weighted by Crippen LogP contribution is 2.13. The molecule has 0 aliphatic heterocycles. The highest BCUT2D eigenvalue weighted by Gasteiger charge is 2.11. The molecule has 0 bridgehead atoms. The summed E-state index contributed by atoms with van der Waals surface area (Å²) in [4.78, 5) is 0. The van der Waals surface area contributed by atoms with E-state index in [0.29, 0.717) is 31.1 Å². The Morgan fingerprint density at radius 2 is 2.24 bits per heavy atom. The van der Waals surface area contributed by atoms with E-state index in [0.717, 1.165) is 12.2 Å². The number of aromatic nitrogens is 3. The Labute approximate surface area is 123 Å². The number of hydrogen-bond acceptors (Lipinski definition) is 5. The van der Waals surface area contributed by atoms with Crippen molar-refractivity contribution in [3.63, 3.8) is 0 Å². The van der Waals surface area contributed by atoms with Crippen molar-refractivity contribution in [1.82, 2.24) is 15.0 Å². The van der Waals surface area contributed by atoms with Gasteiger partial charge >= 0.3 is 0 Å². The van der Waals surface area contributed by atoms with Crippen LogP contribution >= 0.6 is 0 Å². The summed E-state index contributed by atoms with van der Waals surface area (Å²) in [5.74, 6) is 0.864. The Hall–Kier alpha value is -2.39. The van der Waals surface area contributed by atoms with E-state index in [2.05, 4.69) is 10.3 Å². The molecule has 110 valence electrons. The maximum atomic E-state index is 8.96. The molecule has 0 amide bonds. The summed E-state index contributed by atoms with van der Waals surface area (Å²) in [6.07, 6.45) is 0.777. The molecule has 2 rings (SSSR count). The van der Waals surface area contributed by atoms with Crippen LogP contribution in [-0.2, 0) is 17.9 Å². The lowest BCUT2D eigenvalue weighted by atomic mass is 10.2. The Balaban J connectivity index is 1.86. The maximum Gasteiger partial charge on any atom is 0.188 e. The van der Waals surface area contributed by atoms with E-state index in [-0.39, 0.29) is 0 Å². The molecule has 1 aromatic carbocycles. The largest absolute Gasteiger partial charge is 0.494 e. The lowest BCUT2D eigenvalue weighted by molar-refractivity contribution is 0.175. The average Bonchev–Trinajstić information content (AvgIpc) is 2.86. The monoisotopic (exact) mass is 286 g/mol. The number of benzene rings is 1. The van der Waals surface area contributed by atoms with Crippen LogP contribution in [0.1, 0.15) is 23.4 Å². The van der Waals surface area contributed by atoms with Crippen LogP contribution in [0.15, 0.2) is 24.3 Å². The fourth-order valence-corrected chi connectivity index (χ4v) is 1.99. The molecule has 6 nitrogen and oxygen atoms in total. The standard InChI is InChI=1S/C15H18N4O2/c1-12-5-3-6-13(9-12)21-8-4-7-19-15(11-20-2)14(10-16)17-18-19/h3,5-6,9H,4,7-8,11H2,1-2H3. The van der Waals surface area contributed by atoms with E-state index in [4.69, 9.17) is 14.7 Å². The van der Waals surface area contributed by atoms with Gasteiger partial charge in [-0.2, -0.15) is 5.26 Å². The molecule has 0 atom stereocenters. The molecule has 0 aliphatic carbocycles. The fraction of sp³-hybridized carbons (Fsp3) is 0.400. The minimum Gasteiger partial charge on any atom is -0.494 e. The molecule has 0 aliphatic rings.